The highest BCUT2D eigenvalue weighted by Crippen LogP contribution is 2.28. The molecule has 2 aromatic heterocycles. The zero-order valence-corrected chi connectivity index (χ0v) is 17.0. The first-order chi connectivity index (χ1) is 13.4. The first-order valence-corrected chi connectivity index (χ1v) is 10.2. The molecule has 0 unspecified atom stereocenters. The predicted octanol–water partition coefficient (Wildman–Crippen LogP) is 6.26. The molecule has 4 aromatic rings. The Balaban J connectivity index is 1.67. The summed E-state index contributed by atoms with van der Waals surface area (Å²) in [5, 5.41) is 2.00. The predicted molar refractivity (Wildman–Crippen MR) is 117 cm³/mol. The second kappa shape index (κ2) is 7.21. The molecule has 4 heteroatoms. The standard InChI is InChI=1S/C24H22N2OS/c1-24(2,3)19-11-9-17(10-12-19)21(27)14-13-20-22(18-7-5-4-6-8-18)25-23-26(20)15-16-28-23/h4-16H,1-3H3/b14-13+. The van der Waals surface area contributed by atoms with Crippen LogP contribution in [0.25, 0.3) is 22.3 Å². The van der Waals surface area contributed by atoms with Crippen molar-refractivity contribution in [2.45, 2.75) is 26.2 Å². The summed E-state index contributed by atoms with van der Waals surface area (Å²) in [5.74, 6) is -0.00958. The number of ketones is 1. The molecular weight excluding hydrogens is 364 g/mol. The van der Waals surface area contributed by atoms with Crippen molar-refractivity contribution >= 4 is 28.2 Å². The smallest absolute Gasteiger partial charge is 0.194 e. The lowest BCUT2D eigenvalue weighted by Gasteiger charge is -2.18. The van der Waals surface area contributed by atoms with Crippen LogP contribution in [0, 0.1) is 0 Å². The van der Waals surface area contributed by atoms with E-state index in [4.69, 9.17) is 4.98 Å². The van der Waals surface area contributed by atoms with Crippen LogP contribution in [0.5, 0.6) is 0 Å². The first kappa shape index (κ1) is 18.4. The molecule has 28 heavy (non-hydrogen) atoms. The van der Waals surface area contributed by atoms with Gasteiger partial charge in [0.15, 0.2) is 10.7 Å². The minimum absolute atomic E-state index is 0.00958. The molecule has 0 spiro atoms. The van der Waals surface area contributed by atoms with Crippen LogP contribution in [0.3, 0.4) is 0 Å². The van der Waals surface area contributed by atoms with Crippen molar-refractivity contribution in [1.29, 1.82) is 0 Å². The fraction of sp³-hybridized carbons (Fsp3) is 0.167. The number of hydrogen-bond acceptors (Lipinski definition) is 3. The van der Waals surface area contributed by atoms with Gasteiger partial charge in [-0.15, -0.1) is 11.3 Å². The minimum Gasteiger partial charge on any atom is -0.290 e. The maximum absolute atomic E-state index is 12.7. The van der Waals surface area contributed by atoms with Gasteiger partial charge in [0.2, 0.25) is 0 Å². The van der Waals surface area contributed by atoms with Gasteiger partial charge in [0.05, 0.1) is 11.4 Å². The number of aromatic nitrogens is 2. The molecule has 140 valence electrons. The highest BCUT2D eigenvalue weighted by atomic mass is 32.1. The summed E-state index contributed by atoms with van der Waals surface area (Å²) in [6.45, 7) is 6.50. The number of carbonyl (C=O) groups excluding carboxylic acids is 1. The van der Waals surface area contributed by atoms with Crippen LogP contribution in [-0.2, 0) is 5.41 Å². The van der Waals surface area contributed by atoms with Gasteiger partial charge < -0.3 is 0 Å². The molecular formula is C24H22N2OS. The summed E-state index contributed by atoms with van der Waals surface area (Å²) in [6, 6.07) is 17.9. The van der Waals surface area contributed by atoms with E-state index in [2.05, 4.69) is 20.8 Å². The molecule has 0 aliphatic carbocycles. The monoisotopic (exact) mass is 386 g/mol. The van der Waals surface area contributed by atoms with Gasteiger partial charge in [0, 0.05) is 22.7 Å². The van der Waals surface area contributed by atoms with E-state index in [9.17, 15) is 4.79 Å². The second-order valence-electron chi connectivity index (χ2n) is 7.79. The zero-order chi connectivity index (χ0) is 19.7. The highest BCUT2D eigenvalue weighted by molar-refractivity contribution is 7.15. The minimum atomic E-state index is -0.00958. The Labute approximate surface area is 169 Å². The zero-order valence-electron chi connectivity index (χ0n) is 16.2. The third kappa shape index (κ3) is 3.56. The van der Waals surface area contributed by atoms with E-state index in [1.165, 1.54) is 5.56 Å². The van der Waals surface area contributed by atoms with Gasteiger partial charge in [0.1, 0.15) is 0 Å². The SMILES string of the molecule is CC(C)(C)c1ccc(C(=O)/C=C/c2c(-c3ccccc3)nc3sccn23)cc1. The van der Waals surface area contributed by atoms with Crippen molar-refractivity contribution in [2.24, 2.45) is 0 Å². The normalized spacial score (nSPS) is 12.1. The Hall–Kier alpha value is -2.98. The van der Waals surface area contributed by atoms with Crippen molar-refractivity contribution in [3.05, 3.63) is 89.1 Å². The van der Waals surface area contributed by atoms with E-state index in [1.807, 2.05) is 76.7 Å². The van der Waals surface area contributed by atoms with Gasteiger partial charge in [-0.25, -0.2) is 4.98 Å². The van der Waals surface area contributed by atoms with Crippen LogP contribution in [0.2, 0.25) is 0 Å². The van der Waals surface area contributed by atoms with Crippen LogP contribution < -0.4 is 0 Å². The number of fused-ring (bicyclic) bond motifs is 1. The lowest BCUT2D eigenvalue weighted by molar-refractivity contribution is 0.104. The molecule has 0 fully saturated rings. The summed E-state index contributed by atoms with van der Waals surface area (Å²) < 4.78 is 2.03. The molecule has 2 heterocycles. The topological polar surface area (TPSA) is 34.4 Å². The number of carbonyl (C=O) groups is 1. The Morgan fingerprint density at radius 3 is 2.43 bits per heavy atom. The average molecular weight is 387 g/mol. The fourth-order valence-corrected chi connectivity index (χ4v) is 3.88. The van der Waals surface area contributed by atoms with Crippen molar-refractivity contribution in [3.63, 3.8) is 0 Å². The number of imidazole rings is 1. The van der Waals surface area contributed by atoms with E-state index in [0.717, 1.165) is 21.9 Å². The van der Waals surface area contributed by atoms with E-state index in [1.54, 1.807) is 17.4 Å². The van der Waals surface area contributed by atoms with Gasteiger partial charge in [-0.1, -0.05) is 75.4 Å². The maximum Gasteiger partial charge on any atom is 0.194 e. The highest BCUT2D eigenvalue weighted by Gasteiger charge is 2.15. The maximum atomic E-state index is 12.7. The third-order valence-electron chi connectivity index (χ3n) is 4.77. The molecule has 0 aliphatic rings. The summed E-state index contributed by atoms with van der Waals surface area (Å²) >= 11 is 1.58. The number of benzene rings is 2. The Kier molecular flexibility index (Phi) is 4.73. The van der Waals surface area contributed by atoms with Gasteiger partial charge in [-0.05, 0) is 23.1 Å². The summed E-state index contributed by atoms with van der Waals surface area (Å²) in [6.07, 6.45) is 5.50. The number of nitrogens with zero attached hydrogens (tertiary/aromatic N) is 2. The first-order valence-electron chi connectivity index (χ1n) is 9.27. The molecule has 0 saturated heterocycles. The van der Waals surface area contributed by atoms with Gasteiger partial charge in [-0.3, -0.25) is 9.20 Å². The van der Waals surface area contributed by atoms with Gasteiger partial charge in [0.25, 0.3) is 0 Å². The average Bonchev–Trinajstić information content (AvgIpc) is 3.28. The van der Waals surface area contributed by atoms with E-state index >= 15 is 0 Å². The lowest BCUT2D eigenvalue weighted by Crippen LogP contribution is -2.11. The molecule has 4 rings (SSSR count). The summed E-state index contributed by atoms with van der Waals surface area (Å²) in [4.78, 5) is 18.4. The van der Waals surface area contributed by atoms with Gasteiger partial charge in [-0.2, -0.15) is 0 Å². The van der Waals surface area contributed by atoms with Crippen LogP contribution in [0.15, 0.2) is 72.3 Å². The Morgan fingerprint density at radius 2 is 1.75 bits per heavy atom. The quantitative estimate of drug-likeness (QED) is 0.307. The van der Waals surface area contributed by atoms with Crippen LogP contribution in [0.1, 0.15) is 42.4 Å². The summed E-state index contributed by atoms with van der Waals surface area (Å²) in [5.41, 5.74) is 4.83. The lowest BCUT2D eigenvalue weighted by atomic mass is 9.86. The molecule has 0 N–H and O–H groups in total. The Morgan fingerprint density at radius 1 is 1.04 bits per heavy atom. The molecule has 3 nitrogen and oxygen atoms in total. The van der Waals surface area contributed by atoms with Crippen LogP contribution >= 0.6 is 11.3 Å². The number of hydrogen-bond donors (Lipinski definition) is 0. The van der Waals surface area contributed by atoms with E-state index in [-0.39, 0.29) is 11.2 Å². The largest absolute Gasteiger partial charge is 0.290 e. The van der Waals surface area contributed by atoms with E-state index in [0.29, 0.717) is 5.56 Å². The molecule has 0 atom stereocenters. The van der Waals surface area contributed by atoms with Gasteiger partial charge >= 0.3 is 0 Å². The van der Waals surface area contributed by atoms with Crippen molar-refractivity contribution in [3.8, 4) is 11.3 Å². The van der Waals surface area contributed by atoms with Crippen LogP contribution in [-0.4, -0.2) is 15.2 Å². The molecule has 0 amide bonds. The molecule has 0 aliphatic heterocycles. The molecule has 0 bridgehead atoms. The molecule has 2 aromatic carbocycles. The Bertz CT molecular complexity index is 1140. The second-order valence-corrected chi connectivity index (χ2v) is 8.67. The van der Waals surface area contributed by atoms with Crippen molar-refractivity contribution in [1.82, 2.24) is 9.38 Å². The number of thiazole rings is 1. The number of allylic oxidation sites excluding steroid dienone is 1. The summed E-state index contributed by atoms with van der Waals surface area (Å²) in [7, 11) is 0. The van der Waals surface area contributed by atoms with Crippen LogP contribution in [0.4, 0.5) is 0 Å². The molecule has 0 saturated carbocycles. The fourth-order valence-electron chi connectivity index (χ4n) is 3.16. The number of rotatable bonds is 4. The third-order valence-corrected chi connectivity index (χ3v) is 5.53. The van der Waals surface area contributed by atoms with E-state index < -0.39 is 0 Å². The van der Waals surface area contributed by atoms with Crippen molar-refractivity contribution < 1.29 is 4.79 Å². The van der Waals surface area contributed by atoms with Crippen molar-refractivity contribution in [2.75, 3.05) is 0 Å². The molecule has 0 radical (unpaired) electrons.